The van der Waals surface area contributed by atoms with E-state index in [1.165, 1.54) is 16.7 Å². The Morgan fingerprint density at radius 3 is 2.79 bits per heavy atom. The van der Waals surface area contributed by atoms with Crippen molar-refractivity contribution in [3.05, 3.63) is 59.2 Å². The number of Topliss-reactive ketones (excluding diaryl/α,β-unsaturated/α-hetero) is 1. The molecule has 2 saturated heterocycles. The van der Waals surface area contributed by atoms with Crippen molar-refractivity contribution in [1.82, 2.24) is 4.90 Å². The summed E-state index contributed by atoms with van der Waals surface area (Å²) in [4.78, 5) is 16.4. The van der Waals surface area contributed by atoms with Crippen LogP contribution in [0.2, 0.25) is 0 Å². The van der Waals surface area contributed by atoms with Crippen molar-refractivity contribution in [1.29, 1.82) is 0 Å². The van der Waals surface area contributed by atoms with E-state index >= 15 is 0 Å². The summed E-state index contributed by atoms with van der Waals surface area (Å²) in [6.07, 6.45) is 7.42. The van der Waals surface area contributed by atoms with Gasteiger partial charge in [-0.3, -0.25) is 9.69 Å². The Kier molecular flexibility index (Phi) is 5.88. The number of ketones is 1. The number of hydrogen-bond donors (Lipinski definition) is 0. The van der Waals surface area contributed by atoms with E-state index in [4.69, 9.17) is 18.9 Å². The lowest BCUT2D eigenvalue weighted by atomic mass is 9.45. The molecule has 2 aliphatic carbocycles. The third-order valence-electron chi connectivity index (χ3n) is 10.4. The second-order valence-corrected chi connectivity index (χ2v) is 12.0. The number of piperidine rings is 1. The van der Waals surface area contributed by atoms with E-state index in [1.54, 1.807) is 7.11 Å². The van der Waals surface area contributed by atoms with Crippen LogP contribution >= 0.6 is 0 Å². The van der Waals surface area contributed by atoms with E-state index in [-0.39, 0.29) is 17.9 Å². The van der Waals surface area contributed by atoms with E-state index < -0.39 is 16.6 Å². The van der Waals surface area contributed by atoms with Gasteiger partial charge in [-0.05, 0) is 75.6 Å². The summed E-state index contributed by atoms with van der Waals surface area (Å²) in [6, 6.07) is 15.0. The third kappa shape index (κ3) is 3.26. The van der Waals surface area contributed by atoms with Gasteiger partial charge in [0.15, 0.2) is 22.9 Å². The number of carbonyl (C=O) groups excluding carboxylic acids is 1. The summed E-state index contributed by atoms with van der Waals surface area (Å²) in [5.41, 5.74) is 1.84. The Hall–Kier alpha value is -2.41. The number of aryl methyl sites for hydroxylation is 1. The van der Waals surface area contributed by atoms with Crippen LogP contribution in [0.3, 0.4) is 0 Å². The fourth-order valence-electron chi connectivity index (χ4n) is 8.72. The van der Waals surface area contributed by atoms with Crippen molar-refractivity contribution in [2.45, 2.75) is 87.1 Å². The zero-order valence-electron chi connectivity index (χ0n) is 22.7. The maximum absolute atomic E-state index is 13.8. The quantitative estimate of drug-likeness (QED) is 0.476. The molecule has 1 unspecified atom stereocenters. The molecule has 0 aromatic heterocycles. The van der Waals surface area contributed by atoms with Crippen molar-refractivity contribution in [3.8, 4) is 11.5 Å². The van der Waals surface area contributed by atoms with Gasteiger partial charge in [-0.25, -0.2) is 0 Å². The highest BCUT2D eigenvalue weighted by molar-refractivity contribution is 5.94. The molecule has 3 heterocycles. The molecule has 3 fully saturated rings. The van der Waals surface area contributed by atoms with E-state index in [0.717, 1.165) is 76.1 Å². The third-order valence-corrected chi connectivity index (χ3v) is 10.4. The van der Waals surface area contributed by atoms with Crippen LogP contribution in [-0.2, 0) is 32.5 Å². The molecular formula is C32H39NO5. The predicted molar refractivity (Wildman–Crippen MR) is 144 cm³/mol. The molecule has 0 N–H and O–H groups in total. The van der Waals surface area contributed by atoms with Gasteiger partial charge in [0.2, 0.25) is 0 Å². The van der Waals surface area contributed by atoms with Crippen molar-refractivity contribution in [2.75, 3.05) is 33.4 Å². The minimum Gasteiger partial charge on any atom is -0.493 e. The molecule has 3 aliphatic heterocycles. The second-order valence-electron chi connectivity index (χ2n) is 12.0. The van der Waals surface area contributed by atoms with Gasteiger partial charge in [-0.2, -0.15) is 0 Å². The number of benzene rings is 2. The number of nitrogens with zero attached hydrogens (tertiary/aromatic N) is 1. The maximum atomic E-state index is 13.8. The van der Waals surface area contributed by atoms with Gasteiger partial charge in [0.05, 0.1) is 24.2 Å². The van der Waals surface area contributed by atoms with Crippen LogP contribution < -0.4 is 9.47 Å². The Bertz CT molecular complexity index is 1230. The second kappa shape index (κ2) is 9.07. The largest absolute Gasteiger partial charge is 0.493 e. The molecule has 5 aliphatic rings. The highest BCUT2D eigenvalue weighted by atomic mass is 16.5. The predicted octanol–water partition coefficient (Wildman–Crippen LogP) is 4.64. The van der Waals surface area contributed by atoms with Gasteiger partial charge in [0, 0.05) is 37.8 Å². The molecular weight excluding hydrogens is 478 g/mol. The number of methoxy groups -OCH3 is 1. The normalized spacial score (nSPS) is 35.2. The topological polar surface area (TPSA) is 57.2 Å². The molecule has 5 atom stereocenters. The average molecular weight is 518 g/mol. The Morgan fingerprint density at radius 2 is 2.00 bits per heavy atom. The first-order valence-electron chi connectivity index (χ1n) is 14.5. The lowest BCUT2D eigenvalue weighted by Gasteiger charge is -2.67. The SMILES string of the molecule is COc1ccc2c3c1O[C@@]1(C)C(=O)CC[C@@]4(OCCCc5ccccc5)[C@@H](C2)N(CC2CCCO2)CC[C@]314. The molecule has 2 aromatic rings. The van der Waals surface area contributed by atoms with Crippen LogP contribution in [0, 0.1) is 0 Å². The zero-order chi connectivity index (χ0) is 26.0. The van der Waals surface area contributed by atoms with Crippen molar-refractivity contribution < 1.29 is 23.7 Å². The molecule has 38 heavy (non-hydrogen) atoms. The van der Waals surface area contributed by atoms with Crippen LogP contribution in [0.25, 0.3) is 0 Å². The number of carbonyl (C=O) groups is 1. The number of rotatable bonds is 8. The van der Waals surface area contributed by atoms with Crippen LogP contribution in [0.4, 0.5) is 0 Å². The van der Waals surface area contributed by atoms with Gasteiger partial charge < -0.3 is 18.9 Å². The van der Waals surface area contributed by atoms with Crippen LogP contribution in [0.15, 0.2) is 42.5 Å². The molecule has 6 nitrogen and oxygen atoms in total. The van der Waals surface area contributed by atoms with Gasteiger partial charge in [-0.15, -0.1) is 0 Å². The van der Waals surface area contributed by atoms with Gasteiger partial charge in [0.25, 0.3) is 0 Å². The summed E-state index contributed by atoms with van der Waals surface area (Å²) in [6.45, 7) is 5.42. The van der Waals surface area contributed by atoms with E-state index in [9.17, 15) is 4.79 Å². The molecule has 1 saturated carbocycles. The maximum Gasteiger partial charge on any atom is 0.177 e. The minimum atomic E-state index is -0.953. The molecule has 1 spiro atoms. The lowest BCUT2D eigenvalue weighted by Crippen LogP contribution is -2.81. The molecule has 0 amide bonds. The molecule has 202 valence electrons. The van der Waals surface area contributed by atoms with Crippen LogP contribution in [0.1, 0.15) is 62.1 Å². The number of hydrogen-bond acceptors (Lipinski definition) is 6. The molecule has 2 bridgehead atoms. The van der Waals surface area contributed by atoms with Crippen LogP contribution in [-0.4, -0.2) is 67.4 Å². The first-order valence-corrected chi connectivity index (χ1v) is 14.5. The van der Waals surface area contributed by atoms with E-state index in [0.29, 0.717) is 13.0 Å². The highest BCUT2D eigenvalue weighted by Gasteiger charge is 2.78. The van der Waals surface area contributed by atoms with Crippen LogP contribution in [0.5, 0.6) is 11.5 Å². The minimum absolute atomic E-state index is 0.181. The average Bonchev–Trinajstić information content (AvgIpc) is 3.54. The first kappa shape index (κ1) is 24.6. The summed E-state index contributed by atoms with van der Waals surface area (Å²) >= 11 is 0. The van der Waals surface area contributed by atoms with Gasteiger partial charge in [-0.1, -0.05) is 36.4 Å². The first-order chi connectivity index (χ1) is 18.5. The highest BCUT2D eigenvalue weighted by Crippen LogP contribution is 2.69. The monoisotopic (exact) mass is 517 g/mol. The van der Waals surface area contributed by atoms with Crippen molar-refractivity contribution in [3.63, 3.8) is 0 Å². The van der Waals surface area contributed by atoms with Crippen molar-refractivity contribution >= 4 is 5.78 Å². The summed E-state index contributed by atoms with van der Waals surface area (Å²) in [7, 11) is 1.69. The van der Waals surface area contributed by atoms with Gasteiger partial charge >= 0.3 is 0 Å². The van der Waals surface area contributed by atoms with E-state index in [2.05, 4.69) is 41.3 Å². The van der Waals surface area contributed by atoms with Gasteiger partial charge in [0.1, 0.15) is 0 Å². The lowest BCUT2D eigenvalue weighted by molar-refractivity contribution is -0.233. The Morgan fingerprint density at radius 1 is 1.13 bits per heavy atom. The molecule has 2 aromatic carbocycles. The summed E-state index contributed by atoms with van der Waals surface area (Å²) < 4.78 is 25.9. The number of ether oxygens (including phenoxy) is 4. The fraction of sp³-hybridized carbons (Fsp3) is 0.594. The molecule has 7 rings (SSSR count). The summed E-state index contributed by atoms with van der Waals surface area (Å²) in [5, 5.41) is 0. The Balaban J connectivity index is 1.31. The summed E-state index contributed by atoms with van der Waals surface area (Å²) in [5.74, 6) is 1.68. The molecule has 0 radical (unpaired) electrons. The zero-order valence-corrected chi connectivity index (χ0v) is 22.7. The smallest absolute Gasteiger partial charge is 0.177 e. The molecule has 6 heteroatoms. The Labute approximate surface area is 225 Å². The van der Waals surface area contributed by atoms with Crippen molar-refractivity contribution in [2.24, 2.45) is 0 Å². The number of likely N-dealkylation sites (tertiary alicyclic amines) is 1. The van der Waals surface area contributed by atoms with E-state index in [1.807, 2.05) is 13.0 Å². The fourth-order valence-corrected chi connectivity index (χ4v) is 8.72. The standard InChI is InChI=1S/C32H39NO5/c1-30-27(34)14-15-32(37-19-6-10-22-8-4-3-5-9-22)26-20-23-12-13-25(35-2)29(38-30)28(23)31(30,32)16-17-33(26)21-24-11-7-18-36-24/h3-5,8-9,12-13,24,26H,6-7,10-11,14-21H2,1-2H3/t24?,26-,30+,31+,32-/m1/s1.